The molecule has 0 aromatic heterocycles. The molecule has 25 heavy (non-hydrogen) atoms. The molecular formula is C17H21N3O4S. The summed E-state index contributed by atoms with van der Waals surface area (Å²) in [7, 11) is -3.87. The van der Waals surface area contributed by atoms with Gasteiger partial charge < -0.3 is 9.80 Å². The van der Waals surface area contributed by atoms with Crippen molar-refractivity contribution in [3.05, 3.63) is 28.8 Å². The van der Waals surface area contributed by atoms with E-state index in [0.717, 1.165) is 36.8 Å². The Bertz CT molecular complexity index is 861. The molecule has 2 aliphatic carbocycles. The normalized spacial score (nSPS) is 20.0. The fraction of sp³-hybridized carbons (Fsp3) is 0.529. The largest absolute Gasteiger partial charge is 0.323 e. The first kappa shape index (κ1) is 16.5. The number of primary sulfonamides is 1. The standard InChI is InChI=1S/C17H21N3O4S/c18-25(23,24)15-9-13(8-12-2-1-3-14(12)15)17(22)20-7-6-19(10-20)16(21)11-4-5-11/h8-9,11H,1-7,10H2,(H2,18,23,24). The highest BCUT2D eigenvalue weighted by Gasteiger charge is 2.37. The summed E-state index contributed by atoms with van der Waals surface area (Å²) >= 11 is 0. The van der Waals surface area contributed by atoms with Crippen LogP contribution in [0.2, 0.25) is 0 Å². The Balaban J connectivity index is 1.59. The average Bonchev–Trinajstić information content (AvgIpc) is 3.10. The summed E-state index contributed by atoms with van der Waals surface area (Å²) in [6, 6.07) is 3.18. The number of fused-ring (bicyclic) bond motifs is 1. The molecule has 2 N–H and O–H groups in total. The molecule has 1 aromatic rings. The molecule has 1 heterocycles. The Labute approximate surface area is 146 Å². The molecule has 1 aromatic carbocycles. The molecule has 7 nitrogen and oxygen atoms in total. The number of carbonyl (C=O) groups is 2. The van der Waals surface area contributed by atoms with Crippen LogP contribution in [0.15, 0.2) is 17.0 Å². The fourth-order valence-corrected chi connectivity index (χ4v) is 4.62. The van der Waals surface area contributed by atoms with Crippen LogP contribution in [0.3, 0.4) is 0 Å². The van der Waals surface area contributed by atoms with Gasteiger partial charge >= 0.3 is 0 Å². The van der Waals surface area contributed by atoms with E-state index in [4.69, 9.17) is 5.14 Å². The quantitative estimate of drug-likeness (QED) is 0.844. The van der Waals surface area contributed by atoms with E-state index in [-0.39, 0.29) is 29.3 Å². The van der Waals surface area contributed by atoms with Crippen molar-refractivity contribution in [1.29, 1.82) is 0 Å². The zero-order valence-electron chi connectivity index (χ0n) is 13.9. The molecule has 8 heteroatoms. The first-order valence-electron chi connectivity index (χ1n) is 8.61. The van der Waals surface area contributed by atoms with E-state index in [1.54, 1.807) is 15.9 Å². The smallest absolute Gasteiger partial charge is 0.255 e. The van der Waals surface area contributed by atoms with Crippen LogP contribution in [0.4, 0.5) is 0 Å². The van der Waals surface area contributed by atoms with E-state index >= 15 is 0 Å². The number of nitrogens with two attached hydrogens (primary N) is 1. The first-order valence-corrected chi connectivity index (χ1v) is 10.2. The van der Waals surface area contributed by atoms with Gasteiger partial charge in [0, 0.05) is 24.6 Å². The van der Waals surface area contributed by atoms with Crippen LogP contribution in [0.1, 0.15) is 40.7 Å². The summed E-state index contributed by atoms with van der Waals surface area (Å²) in [4.78, 5) is 28.4. The van der Waals surface area contributed by atoms with Crippen LogP contribution in [0, 0.1) is 5.92 Å². The Morgan fingerprint density at radius 1 is 1.08 bits per heavy atom. The molecule has 0 radical (unpaired) electrons. The van der Waals surface area contributed by atoms with E-state index < -0.39 is 10.0 Å². The van der Waals surface area contributed by atoms with Crippen LogP contribution >= 0.6 is 0 Å². The summed E-state index contributed by atoms with van der Waals surface area (Å²) < 4.78 is 23.8. The second kappa shape index (κ2) is 5.81. The van der Waals surface area contributed by atoms with E-state index in [0.29, 0.717) is 25.1 Å². The summed E-state index contributed by atoms with van der Waals surface area (Å²) in [5.74, 6) is 0.00390. The van der Waals surface area contributed by atoms with Crippen LogP contribution in [-0.2, 0) is 27.7 Å². The average molecular weight is 363 g/mol. The van der Waals surface area contributed by atoms with Crippen molar-refractivity contribution in [3.8, 4) is 0 Å². The number of rotatable bonds is 3. The van der Waals surface area contributed by atoms with Crippen molar-refractivity contribution in [2.45, 2.75) is 37.0 Å². The maximum absolute atomic E-state index is 12.8. The van der Waals surface area contributed by atoms with Crippen molar-refractivity contribution >= 4 is 21.8 Å². The molecule has 1 saturated carbocycles. The number of nitrogens with zero attached hydrogens (tertiary/aromatic N) is 2. The minimum absolute atomic E-state index is 0.0657. The molecule has 3 aliphatic rings. The second-order valence-corrected chi connectivity index (χ2v) is 8.63. The van der Waals surface area contributed by atoms with Gasteiger partial charge in [0.2, 0.25) is 15.9 Å². The van der Waals surface area contributed by atoms with Crippen molar-refractivity contribution in [2.75, 3.05) is 19.8 Å². The van der Waals surface area contributed by atoms with E-state index in [1.807, 2.05) is 0 Å². The number of amides is 2. The topological polar surface area (TPSA) is 101 Å². The summed E-state index contributed by atoms with van der Waals surface area (Å²) in [5.41, 5.74) is 1.97. The van der Waals surface area contributed by atoms with Gasteiger partial charge in [0.25, 0.3) is 5.91 Å². The van der Waals surface area contributed by atoms with Crippen LogP contribution in [-0.4, -0.2) is 49.8 Å². The molecule has 1 aliphatic heterocycles. The molecular weight excluding hydrogens is 342 g/mol. The Morgan fingerprint density at radius 3 is 2.48 bits per heavy atom. The number of hydrogen-bond acceptors (Lipinski definition) is 4. The van der Waals surface area contributed by atoms with Gasteiger partial charge in [-0.2, -0.15) is 0 Å². The predicted octanol–water partition coefficient (Wildman–Crippen LogP) is 0.475. The Morgan fingerprint density at radius 2 is 1.80 bits per heavy atom. The monoisotopic (exact) mass is 363 g/mol. The number of aryl methyl sites for hydroxylation is 1. The number of carbonyl (C=O) groups excluding carboxylic acids is 2. The van der Waals surface area contributed by atoms with E-state index in [1.165, 1.54) is 6.07 Å². The third kappa shape index (κ3) is 3.04. The predicted molar refractivity (Wildman–Crippen MR) is 90.2 cm³/mol. The molecule has 4 rings (SSSR count). The van der Waals surface area contributed by atoms with E-state index in [2.05, 4.69) is 0 Å². The highest BCUT2D eigenvalue weighted by Crippen LogP contribution is 2.32. The third-order valence-corrected chi connectivity index (χ3v) is 6.21. The number of hydrogen-bond donors (Lipinski definition) is 1. The van der Waals surface area contributed by atoms with Gasteiger partial charge in [-0.15, -0.1) is 0 Å². The SMILES string of the molecule is NS(=O)(=O)c1cc(C(=O)N2CCN(C(=O)C3CC3)C2)cc2c1CCC2. The van der Waals surface area contributed by atoms with Gasteiger partial charge in [0.1, 0.15) is 0 Å². The fourth-order valence-electron chi connectivity index (χ4n) is 3.75. The summed E-state index contributed by atoms with van der Waals surface area (Å²) in [6.07, 6.45) is 4.16. The number of sulfonamides is 1. The minimum Gasteiger partial charge on any atom is -0.323 e. The lowest BCUT2D eigenvalue weighted by molar-refractivity contribution is -0.131. The van der Waals surface area contributed by atoms with Crippen LogP contribution < -0.4 is 5.14 Å². The molecule has 1 saturated heterocycles. The molecule has 0 unspecified atom stereocenters. The lowest BCUT2D eigenvalue weighted by Gasteiger charge is -2.19. The maximum Gasteiger partial charge on any atom is 0.255 e. The Hall–Kier alpha value is -1.93. The van der Waals surface area contributed by atoms with Gasteiger partial charge in [-0.3, -0.25) is 9.59 Å². The first-order chi connectivity index (χ1) is 11.8. The lowest BCUT2D eigenvalue weighted by Crippen LogP contribution is -2.34. The summed E-state index contributed by atoms with van der Waals surface area (Å²) in [6.45, 7) is 1.28. The highest BCUT2D eigenvalue weighted by molar-refractivity contribution is 7.89. The van der Waals surface area contributed by atoms with Gasteiger partial charge in [0.05, 0.1) is 11.6 Å². The lowest BCUT2D eigenvalue weighted by atomic mass is 10.1. The maximum atomic E-state index is 12.8. The summed E-state index contributed by atoms with van der Waals surface area (Å²) in [5, 5.41) is 5.35. The van der Waals surface area contributed by atoms with Gasteiger partial charge in [-0.05, 0) is 55.4 Å². The van der Waals surface area contributed by atoms with Gasteiger partial charge in [0.15, 0.2) is 0 Å². The highest BCUT2D eigenvalue weighted by atomic mass is 32.2. The second-order valence-electron chi connectivity index (χ2n) is 7.10. The van der Waals surface area contributed by atoms with Crippen molar-refractivity contribution in [3.63, 3.8) is 0 Å². The zero-order chi connectivity index (χ0) is 17.8. The van der Waals surface area contributed by atoms with Gasteiger partial charge in [-0.1, -0.05) is 0 Å². The van der Waals surface area contributed by atoms with Crippen molar-refractivity contribution < 1.29 is 18.0 Å². The number of benzene rings is 1. The molecule has 2 fully saturated rings. The van der Waals surface area contributed by atoms with Crippen molar-refractivity contribution in [1.82, 2.24) is 9.80 Å². The molecule has 2 amide bonds. The zero-order valence-corrected chi connectivity index (χ0v) is 14.7. The Kier molecular flexibility index (Phi) is 3.84. The molecule has 0 spiro atoms. The van der Waals surface area contributed by atoms with Gasteiger partial charge in [-0.25, -0.2) is 13.6 Å². The van der Waals surface area contributed by atoms with Crippen LogP contribution in [0.5, 0.6) is 0 Å². The van der Waals surface area contributed by atoms with E-state index in [9.17, 15) is 18.0 Å². The molecule has 0 atom stereocenters. The minimum atomic E-state index is -3.87. The molecule has 134 valence electrons. The third-order valence-electron chi connectivity index (χ3n) is 5.23. The van der Waals surface area contributed by atoms with Crippen LogP contribution in [0.25, 0.3) is 0 Å². The molecule has 0 bridgehead atoms. The van der Waals surface area contributed by atoms with Crippen molar-refractivity contribution in [2.24, 2.45) is 11.1 Å².